The van der Waals surface area contributed by atoms with Crippen LogP contribution in [-0.4, -0.2) is 39.7 Å². The van der Waals surface area contributed by atoms with Crippen molar-refractivity contribution in [2.45, 2.75) is 13.0 Å². The molecule has 1 N–H and O–H groups in total. The first-order valence-corrected chi connectivity index (χ1v) is 9.75. The van der Waals surface area contributed by atoms with Crippen LogP contribution in [0.2, 0.25) is 5.02 Å². The lowest BCUT2D eigenvalue weighted by Crippen LogP contribution is -2.34. The third kappa shape index (κ3) is 4.46. The summed E-state index contributed by atoms with van der Waals surface area (Å²) >= 11 is 5.90. The predicted octanol–water partition coefficient (Wildman–Crippen LogP) is 2.77. The van der Waals surface area contributed by atoms with Crippen LogP contribution in [0.1, 0.15) is 6.42 Å². The Balaban J connectivity index is 1.29. The quantitative estimate of drug-likeness (QED) is 0.678. The lowest BCUT2D eigenvalue weighted by atomic mass is 10.1. The molecule has 0 radical (unpaired) electrons. The van der Waals surface area contributed by atoms with Crippen LogP contribution in [0.5, 0.6) is 0 Å². The minimum atomic E-state index is -0.358. The number of nitrogens with one attached hydrogen (secondary N) is 1. The van der Waals surface area contributed by atoms with E-state index in [9.17, 15) is 9.59 Å². The van der Waals surface area contributed by atoms with E-state index >= 15 is 0 Å². The van der Waals surface area contributed by atoms with E-state index in [0.717, 1.165) is 16.9 Å². The lowest BCUT2D eigenvalue weighted by Gasteiger charge is -2.16. The number of nitrogens with zero attached hydrogens (tertiary/aromatic N) is 4. The maximum absolute atomic E-state index is 12.5. The molecule has 1 fully saturated rings. The maximum atomic E-state index is 12.5. The number of benzene rings is 1. The number of halogens is 1. The summed E-state index contributed by atoms with van der Waals surface area (Å²) in [6.07, 6.45) is 5.54. The molecule has 0 aliphatic carbocycles. The van der Waals surface area contributed by atoms with Crippen molar-refractivity contribution in [1.82, 2.24) is 20.1 Å². The van der Waals surface area contributed by atoms with Gasteiger partial charge in [0.2, 0.25) is 11.8 Å². The molecule has 1 unspecified atom stereocenters. The van der Waals surface area contributed by atoms with Gasteiger partial charge in [-0.15, -0.1) is 0 Å². The van der Waals surface area contributed by atoms with E-state index in [0.29, 0.717) is 24.7 Å². The molecule has 3 aromatic rings. The molecule has 1 aliphatic rings. The van der Waals surface area contributed by atoms with Gasteiger partial charge in [-0.2, -0.15) is 5.10 Å². The highest BCUT2D eigenvalue weighted by molar-refractivity contribution is 6.30. The average molecular weight is 410 g/mol. The molecule has 2 aromatic heterocycles. The fourth-order valence-electron chi connectivity index (χ4n) is 3.35. The number of hydrogen-bond acceptors (Lipinski definition) is 4. The zero-order chi connectivity index (χ0) is 20.2. The van der Waals surface area contributed by atoms with Crippen molar-refractivity contribution >= 4 is 29.1 Å². The van der Waals surface area contributed by atoms with Crippen molar-refractivity contribution < 1.29 is 9.59 Å². The van der Waals surface area contributed by atoms with Gasteiger partial charge in [-0.1, -0.05) is 11.6 Å². The molecule has 0 spiro atoms. The van der Waals surface area contributed by atoms with Gasteiger partial charge < -0.3 is 10.2 Å². The third-order valence-electron chi connectivity index (χ3n) is 4.89. The van der Waals surface area contributed by atoms with Gasteiger partial charge >= 0.3 is 0 Å². The van der Waals surface area contributed by atoms with Gasteiger partial charge in [0.25, 0.3) is 0 Å². The fraction of sp³-hybridized carbons (Fsp3) is 0.238. The van der Waals surface area contributed by atoms with Crippen LogP contribution in [0.3, 0.4) is 0 Å². The number of carbonyl (C=O) groups excluding carboxylic acids is 2. The van der Waals surface area contributed by atoms with Crippen LogP contribution < -0.4 is 10.2 Å². The highest BCUT2D eigenvalue weighted by atomic mass is 35.5. The van der Waals surface area contributed by atoms with E-state index in [1.54, 1.807) is 46.2 Å². The van der Waals surface area contributed by atoms with Gasteiger partial charge in [0, 0.05) is 54.4 Å². The van der Waals surface area contributed by atoms with Crippen LogP contribution in [0, 0.1) is 5.92 Å². The average Bonchev–Trinajstić information content (AvgIpc) is 3.36. The Morgan fingerprint density at radius 1 is 1.14 bits per heavy atom. The van der Waals surface area contributed by atoms with Gasteiger partial charge in [0.1, 0.15) is 0 Å². The first-order chi connectivity index (χ1) is 14.1. The number of amides is 2. The van der Waals surface area contributed by atoms with Crippen molar-refractivity contribution in [3.05, 3.63) is 66.1 Å². The number of pyridine rings is 1. The normalized spacial score (nSPS) is 16.2. The largest absolute Gasteiger partial charge is 0.354 e. The molecular weight excluding hydrogens is 390 g/mol. The summed E-state index contributed by atoms with van der Waals surface area (Å²) in [6, 6.07) is 12.8. The van der Waals surface area contributed by atoms with Crippen LogP contribution in [0.15, 0.2) is 61.1 Å². The molecule has 1 atom stereocenters. The van der Waals surface area contributed by atoms with E-state index in [1.165, 1.54) is 0 Å². The molecule has 1 aliphatic heterocycles. The Morgan fingerprint density at radius 3 is 2.66 bits per heavy atom. The molecule has 7 nitrogen and oxygen atoms in total. The van der Waals surface area contributed by atoms with Gasteiger partial charge in [-0.3, -0.25) is 19.3 Å². The summed E-state index contributed by atoms with van der Waals surface area (Å²) in [7, 11) is 0. The van der Waals surface area contributed by atoms with Crippen LogP contribution in [-0.2, 0) is 16.1 Å². The molecular formula is C21H20ClN5O2. The van der Waals surface area contributed by atoms with E-state index in [4.69, 9.17) is 11.6 Å². The minimum absolute atomic E-state index is 0.0541. The van der Waals surface area contributed by atoms with E-state index in [1.807, 2.05) is 24.4 Å². The van der Waals surface area contributed by atoms with Gasteiger partial charge in [0.05, 0.1) is 18.2 Å². The highest BCUT2D eigenvalue weighted by Gasteiger charge is 2.34. The third-order valence-corrected chi connectivity index (χ3v) is 5.14. The van der Waals surface area contributed by atoms with Crippen molar-refractivity contribution in [3.63, 3.8) is 0 Å². The summed E-state index contributed by atoms with van der Waals surface area (Å²) in [6.45, 7) is 1.38. The van der Waals surface area contributed by atoms with E-state index < -0.39 is 0 Å². The first-order valence-electron chi connectivity index (χ1n) is 9.37. The number of hydrogen-bond donors (Lipinski definition) is 1. The van der Waals surface area contributed by atoms with Gasteiger partial charge in [-0.25, -0.2) is 0 Å². The zero-order valence-corrected chi connectivity index (χ0v) is 16.4. The van der Waals surface area contributed by atoms with Gasteiger partial charge in [0.15, 0.2) is 0 Å². The molecule has 3 heterocycles. The summed E-state index contributed by atoms with van der Waals surface area (Å²) in [4.78, 5) is 30.4. The second-order valence-corrected chi connectivity index (χ2v) is 7.31. The van der Waals surface area contributed by atoms with Crippen molar-refractivity contribution in [3.8, 4) is 11.3 Å². The zero-order valence-electron chi connectivity index (χ0n) is 15.7. The molecule has 148 valence electrons. The molecule has 0 saturated carbocycles. The molecule has 1 aromatic carbocycles. The molecule has 1 saturated heterocycles. The van der Waals surface area contributed by atoms with E-state index in [2.05, 4.69) is 15.4 Å². The standard InChI is InChI=1S/C21H20ClN5O2/c22-17-1-3-18(4-2-17)27-14-16(13-20(27)28)21(29)24-10-12-26-11-7-19(25-26)15-5-8-23-9-6-15/h1-9,11,16H,10,12-14H2,(H,24,29). The lowest BCUT2D eigenvalue weighted by molar-refractivity contribution is -0.126. The predicted molar refractivity (Wildman–Crippen MR) is 110 cm³/mol. The number of anilines is 1. The Labute approximate surface area is 173 Å². The van der Waals surface area contributed by atoms with Crippen LogP contribution >= 0.6 is 11.6 Å². The van der Waals surface area contributed by atoms with Crippen molar-refractivity contribution in [2.75, 3.05) is 18.0 Å². The molecule has 2 amide bonds. The summed E-state index contributed by atoms with van der Waals surface area (Å²) in [5, 5.41) is 8.04. The Bertz CT molecular complexity index is 1000. The van der Waals surface area contributed by atoms with Crippen LogP contribution in [0.4, 0.5) is 5.69 Å². The van der Waals surface area contributed by atoms with E-state index in [-0.39, 0.29) is 24.2 Å². The SMILES string of the molecule is O=C(NCCn1ccc(-c2ccncc2)n1)C1CC(=O)N(c2ccc(Cl)cc2)C1. The van der Waals surface area contributed by atoms with Crippen molar-refractivity contribution in [1.29, 1.82) is 0 Å². The minimum Gasteiger partial charge on any atom is -0.354 e. The number of carbonyl (C=O) groups is 2. The Morgan fingerprint density at radius 2 is 1.90 bits per heavy atom. The second kappa shape index (κ2) is 8.45. The Kier molecular flexibility index (Phi) is 5.57. The molecule has 29 heavy (non-hydrogen) atoms. The smallest absolute Gasteiger partial charge is 0.227 e. The first kappa shape index (κ1) is 19.1. The monoisotopic (exact) mass is 409 g/mol. The summed E-state index contributed by atoms with van der Waals surface area (Å²) in [5.74, 6) is -0.527. The van der Waals surface area contributed by atoms with Crippen LogP contribution in [0.25, 0.3) is 11.3 Å². The highest BCUT2D eigenvalue weighted by Crippen LogP contribution is 2.26. The second-order valence-electron chi connectivity index (χ2n) is 6.87. The maximum Gasteiger partial charge on any atom is 0.227 e. The Hall–Kier alpha value is -3.19. The summed E-state index contributed by atoms with van der Waals surface area (Å²) in [5.41, 5.74) is 2.61. The molecule has 4 rings (SSSR count). The molecule has 0 bridgehead atoms. The topological polar surface area (TPSA) is 80.1 Å². The van der Waals surface area contributed by atoms with Gasteiger partial charge in [-0.05, 0) is 42.5 Å². The number of rotatable bonds is 6. The van der Waals surface area contributed by atoms with Crippen molar-refractivity contribution in [2.24, 2.45) is 5.92 Å². The molecule has 8 heteroatoms. The number of aromatic nitrogens is 3. The summed E-state index contributed by atoms with van der Waals surface area (Å²) < 4.78 is 1.79. The fourth-order valence-corrected chi connectivity index (χ4v) is 3.48.